The van der Waals surface area contributed by atoms with Gasteiger partial charge in [0.05, 0.1) is 5.69 Å². The number of carbonyl (C=O) groups excluding carboxylic acids is 1. The third-order valence-electron chi connectivity index (χ3n) is 5.37. The summed E-state index contributed by atoms with van der Waals surface area (Å²) in [6.07, 6.45) is 4.58. The summed E-state index contributed by atoms with van der Waals surface area (Å²) in [4.78, 5) is 20.8. The van der Waals surface area contributed by atoms with E-state index in [4.69, 9.17) is 0 Å². The van der Waals surface area contributed by atoms with Gasteiger partial charge < -0.3 is 10.2 Å². The van der Waals surface area contributed by atoms with Crippen LogP contribution in [0.4, 0.5) is 0 Å². The van der Waals surface area contributed by atoms with Gasteiger partial charge in [0.2, 0.25) is 0 Å². The van der Waals surface area contributed by atoms with Crippen LogP contribution >= 0.6 is 11.3 Å². The number of hydrogen-bond acceptors (Lipinski definition) is 4. The van der Waals surface area contributed by atoms with E-state index in [0.29, 0.717) is 0 Å². The Bertz CT molecular complexity index is 791. The molecular weight excluding hydrogens is 354 g/mol. The molecule has 27 heavy (non-hydrogen) atoms. The second-order valence-corrected chi connectivity index (χ2v) is 8.69. The van der Waals surface area contributed by atoms with Crippen LogP contribution in [-0.2, 0) is 0 Å². The van der Waals surface area contributed by atoms with Crippen LogP contribution in [0.25, 0.3) is 10.6 Å². The number of nitrogens with one attached hydrogen (secondary N) is 1. The molecule has 3 rings (SSSR count). The zero-order chi connectivity index (χ0) is 19.4. The molecule has 0 spiro atoms. The standard InChI is InChI=1S/C22H31N3OS/c1-5-6-11-25-12-9-18(10-13-25)24-21(26)20-17(4)23-22(27-20)19-8-7-15(2)14-16(19)3/h7-8,14,18H,5-6,9-13H2,1-4H3,(H,24,26). The van der Waals surface area contributed by atoms with E-state index >= 15 is 0 Å². The van der Waals surface area contributed by atoms with E-state index < -0.39 is 0 Å². The molecule has 1 aliphatic heterocycles. The first-order valence-corrected chi connectivity index (χ1v) is 10.9. The summed E-state index contributed by atoms with van der Waals surface area (Å²) in [5.41, 5.74) is 4.40. The maximum absolute atomic E-state index is 12.8. The van der Waals surface area contributed by atoms with E-state index in [2.05, 4.69) is 54.2 Å². The highest BCUT2D eigenvalue weighted by atomic mass is 32.1. The topological polar surface area (TPSA) is 45.2 Å². The van der Waals surface area contributed by atoms with Crippen LogP contribution < -0.4 is 5.32 Å². The maximum atomic E-state index is 12.8. The fourth-order valence-corrected chi connectivity index (χ4v) is 4.77. The van der Waals surface area contributed by atoms with Crippen molar-refractivity contribution >= 4 is 17.2 Å². The fraction of sp³-hybridized carbons (Fsp3) is 0.545. The zero-order valence-corrected chi connectivity index (χ0v) is 17.8. The SMILES string of the molecule is CCCCN1CCC(NC(=O)c2sc(-c3ccc(C)cc3C)nc2C)CC1. The molecule has 146 valence electrons. The summed E-state index contributed by atoms with van der Waals surface area (Å²) in [6.45, 7) is 11.7. The highest BCUT2D eigenvalue weighted by molar-refractivity contribution is 7.17. The van der Waals surface area contributed by atoms with Gasteiger partial charge in [-0.1, -0.05) is 37.1 Å². The second-order valence-electron chi connectivity index (χ2n) is 7.69. The van der Waals surface area contributed by atoms with Gasteiger partial charge in [-0.3, -0.25) is 4.79 Å². The normalized spacial score (nSPS) is 15.9. The van der Waals surface area contributed by atoms with Crippen molar-refractivity contribution < 1.29 is 4.79 Å². The summed E-state index contributed by atoms with van der Waals surface area (Å²) in [5.74, 6) is 0.0352. The molecular formula is C22H31N3OS. The summed E-state index contributed by atoms with van der Waals surface area (Å²) < 4.78 is 0. The molecule has 0 atom stereocenters. The lowest BCUT2D eigenvalue weighted by molar-refractivity contribution is 0.0914. The third kappa shape index (κ3) is 4.96. The lowest BCUT2D eigenvalue weighted by Gasteiger charge is -2.32. The predicted octanol–water partition coefficient (Wildman–Crippen LogP) is 4.73. The van der Waals surface area contributed by atoms with E-state index in [9.17, 15) is 4.79 Å². The minimum absolute atomic E-state index is 0.0352. The van der Waals surface area contributed by atoms with Crippen molar-refractivity contribution in [3.63, 3.8) is 0 Å². The number of aromatic nitrogens is 1. The van der Waals surface area contributed by atoms with Crippen molar-refractivity contribution in [2.75, 3.05) is 19.6 Å². The number of unbranched alkanes of at least 4 members (excludes halogenated alkanes) is 1. The van der Waals surface area contributed by atoms with Crippen LogP contribution in [0.1, 0.15) is 59.1 Å². The Hall–Kier alpha value is -1.72. The maximum Gasteiger partial charge on any atom is 0.263 e. The van der Waals surface area contributed by atoms with E-state index in [1.165, 1.54) is 41.9 Å². The van der Waals surface area contributed by atoms with Gasteiger partial charge in [0.15, 0.2) is 0 Å². The molecule has 5 heteroatoms. The Kier molecular flexibility index (Phi) is 6.66. The van der Waals surface area contributed by atoms with Gasteiger partial charge in [0.1, 0.15) is 9.88 Å². The van der Waals surface area contributed by atoms with Crippen molar-refractivity contribution in [1.29, 1.82) is 0 Å². The van der Waals surface area contributed by atoms with E-state index in [1.54, 1.807) is 0 Å². The van der Waals surface area contributed by atoms with Crippen LogP contribution in [0.5, 0.6) is 0 Å². The predicted molar refractivity (Wildman–Crippen MR) is 114 cm³/mol. The van der Waals surface area contributed by atoms with Gasteiger partial charge >= 0.3 is 0 Å². The minimum Gasteiger partial charge on any atom is -0.348 e. The molecule has 2 aromatic rings. The van der Waals surface area contributed by atoms with Gasteiger partial charge in [-0.05, 0) is 52.1 Å². The quantitative estimate of drug-likeness (QED) is 0.782. The van der Waals surface area contributed by atoms with Crippen LogP contribution in [0.2, 0.25) is 0 Å². The molecule has 0 radical (unpaired) electrons. The number of nitrogens with zero attached hydrogens (tertiary/aromatic N) is 2. The first-order chi connectivity index (χ1) is 13.0. The van der Waals surface area contributed by atoms with Gasteiger partial charge in [0, 0.05) is 24.7 Å². The smallest absolute Gasteiger partial charge is 0.263 e. The number of hydrogen-bond donors (Lipinski definition) is 1. The second kappa shape index (κ2) is 8.98. The van der Waals surface area contributed by atoms with Crippen LogP contribution in [0, 0.1) is 20.8 Å². The summed E-state index contributed by atoms with van der Waals surface area (Å²) in [6, 6.07) is 6.65. The van der Waals surface area contributed by atoms with Gasteiger partial charge in [0.25, 0.3) is 5.91 Å². The number of likely N-dealkylation sites (tertiary alicyclic amines) is 1. The van der Waals surface area contributed by atoms with Crippen LogP contribution in [0.3, 0.4) is 0 Å². The lowest BCUT2D eigenvalue weighted by Crippen LogP contribution is -2.44. The zero-order valence-electron chi connectivity index (χ0n) is 17.0. The minimum atomic E-state index is 0.0352. The molecule has 1 aromatic heterocycles. The number of rotatable bonds is 6. The van der Waals surface area contributed by atoms with Crippen molar-refractivity contribution in [2.45, 2.75) is 59.4 Å². The molecule has 0 bridgehead atoms. The third-order valence-corrected chi connectivity index (χ3v) is 6.56. The van der Waals surface area contributed by atoms with Crippen LogP contribution in [-0.4, -0.2) is 41.5 Å². The molecule has 1 fully saturated rings. The molecule has 4 nitrogen and oxygen atoms in total. The number of aryl methyl sites for hydroxylation is 3. The van der Waals surface area contributed by atoms with Crippen molar-refractivity contribution in [2.24, 2.45) is 0 Å². The molecule has 0 unspecified atom stereocenters. The largest absolute Gasteiger partial charge is 0.348 e. The van der Waals surface area contributed by atoms with Crippen LogP contribution in [0.15, 0.2) is 18.2 Å². The molecule has 0 aliphatic carbocycles. The van der Waals surface area contributed by atoms with Crippen molar-refractivity contribution in [3.8, 4) is 10.6 Å². The molecule has 2 heterocycles. The Balaban J connectivity index is 1.63. The number of carbonyl (C=O) groups is 1. The number of amides is 1. The summed E-state index contributed by atoms with van der Waals surface area (Å²) in [5, 5.41) is 4.18. The Morgan fingerprint density at radius 3 is 2.67 bits per heavy atom. The lowest BCUT2D eigenvalue weighted by atomic mass is 10.0. The monoisotopic (exact) mass is 385 g/mol. The number of thiazole rings is 1. The first-order valence-electron chi connectivity index (χ1n) is 10.1. The van der Waals surface area contributed by atoms with E-state index in [-0.39, 0.29) is 11.9 Å². The summed E-state index contributed by atoms with van der Waals surface area (Å²) >= 11 is 1.51. The molecule has 0 saturated carbocycles. The molecule has 1 N–H and O–H groups in total. The fourth-order valence-electron chi connectivity index (χ4n) is 3.71. The van der Waals surface area contributed by atoms with E-state index in [1.807, 2.05) is 6.92 Å². The molecule has 1 saturated heterocycles. The van der Waals surface area contributed by atoms with Gasteiger partial charge in [-0.25, -0.2) is 4.98 Å². The number of piperidine rings is 1. The van der Waals surface area contributed by atoms with Crippen molar-refractivity contribution in [3.05, 3.63) is 39.9 Å². The highest BCUT2D eigenvalue weighted by Crippen LogP contribution is 2.30. The van der Waals surface area contributed by atoms with Gasteiger partial charge in [-0.15, -0.1) is 11.3 Å². The molecule has 1 aliphatic rings. The highest BCUT2D eigenvalue weighted by Gasteiger charge is 2.23. The Morgan fingerprint density at radius 2 is 2.00 bits per heavy atom. The van der Waals surface area contributed by atoms with E-state index in [0.717, 1.165) is 47.1 Å². The van der Waals surface area contributed by atoms with Crippen molar-refractivity contribution in [1.82, 2.24) is 15.2 Å². The number of benzene rings is 1. The summed E-state index contributed by atoms with van der Waals surface area (Å²) in [7, 11) is 0. The Labute approximate surface area is 167 Å². The average Bonchev–Trinajstić information content (AvgIpc) is 3.02. The van der Waals surface area contributed by atoms with Gasteiger partial charge in [-0.2, -0.15) is 0 Å². The average molecular weight is 386 g/mol. The molecule has 1 aromatic carbocycles. The molecule has 1 amide bonds. The Morgan fingerprint density at radius 1 is 1.26 bits per heavy atom. The first kappa shape index (κ1) is 20.0.